The summed E-state index contributed by atoms with van der Waals surface area (Å²) in [7, 11) is 1.51. The van der Waals surface area contributed by atoms with Gasteiger partial charge in [0.15, 0.2) is 12.3 Å². The van der Waals surface area contributed by atoms with Gasteiger partial charge in [-0.05, 0) is 66.6 Å². The van der Waals surface area contributed by atoms with Gasteiger partial charge in [0.05, 0.1) is 12.7 Å². The number of amides is 2. The fraction of sp³-hybridized carbons (Fsp3) is 0.423. The molecule has 1 aliphatic heterocycles. The zero-order valence-corrected chi connectivity index (χ0v) is 19.9. The predicted octanol–water partition coefficient (Wildman–Crippen LogP) is 4.01. The van der Waals surface area contributed by atoms with Crippen LogP contribution >= 0.6 is 0 Å². The minimum atomic E-state index is -0.392. The molecule has 9 nitrogen and oxygen atoms in total. The summed E-state index contributed by atoms with van der Waals surface area (Å²) in [6, 6.07) is 12.2. The zero-order valence-electron chi connectivity index (χ0n) is 19.9. The summed E-state index contributed by atoms with van der Waals surface area (Å²) in [6.45, 7) is 3.79. The van der Waals surface area contributed by atoms with E-state index in [1.165, 1.54) is 13.3 Å². The minimum absolute atomic E-state index is 0.111. The third-order valence-electron chi connectivity index (χ3n) is 6.69. The van der Waals surface area contributed by atoms with Crippen molar-refractivity contribution < 1.29 is 28.2 Å². The number of oxazole rings is 1. The van der Waals surface area contributed by atoms with Crippen molar-refractivity contribution in [1.29, 1.82) is 0 Å². The first-order valence-electron chi connectivity index (χ1n) is 11.9. The molecule has 1 N–H and O–H groups in total. The van der Waals surface area contributed by atoms with Crippen molar-refractivity contribution in [3.8, 4) is 11.5 Å². The van der Waals surface area contributed by atoms with Crippen molar-refractivity contribution in [3.05, 3.63) is 54.2 Å². The molecule has 0 radical (unpaired) electrons. The lowest BCUT2D eigenvalue weighted by atomic mass is 10.0. The van der Waals surface area contributed by atoms with E-state index in [-0.39, 0.29) is 30.2 Å². The number of ether oxygens (including phenoxy) is 3. The van der Waals surface area contributed by atoms with E-state index in [1.54, 1.807) is 4.90 Å². The van der Waals surface area contributed by atoms with E-state index >= 15 is 0 Å². The van der Waals surface area contributed by atoms with E-state index in [0.29, 0.717) is 31.5 Å². The standard InChI is InChI=1S/C26H29N3O6/c1-3-32-20-6-4-16-5-7-21(9-17(16)8-20)35-22-10-18-12-29(13-19(18)11-22)26(31)34-15-24-28-23(14-33-24)25(30)27-2/h4-9,14,18-19,22H,3,10-13,15H2,1-2H3,(H,27,30)/t18-,19+,22?. The molecule has 2 aliphatic rings. The molecule has 3 atom stereocenters. The Kier molecular flexibility index (Phi) is 6.48. The monoisotopic (exact) mass is 479 g/mol. The summed E-state index contributed by atoms with van der Waals surface area (Å²) < 4.78 is 22.5. The van der Waals surface area contributed by atoms with Crippen molar-refractivity contribution in [1.82, 2.24) is 15.2 Å². The molecule has 1 aliphatic carbocycles. The summed E-state index contributed by atoms with van der Waals surface area (Å²) in [6.07, 6.45) is 2.79. The van der Waals surface area contributed by atoms with Crippen LogP contribution in [0.25, 0.3) is 10.8 Å². The smallest absolute Gasteiger partial charge is 0.410 e. The number of rotatable bonds is 7. The van der Waals surface area contributed by atoms with Crippen LogP contribution in [0.3, 0.4) is 0 Å². The van der Waals surface area contributed by atoms with Gasteiger partial charge in [0.2, 0.25) is 5.89 Å². The molecule has 1 saturated carbocycles. The van der Waals surface area contributed by atoms with Gasteiger partial charge in [0.1, 0.15) is 17.8 Å². The first kappa shape index (κ1) is 23.0. The molecule has 0 spiro atoms. The molecule has 0 bridgehead atoms. The quantitative estimate of drug-likeness (QED) is 0.546. The second-order valence-corrected chi connectivity index (χ2v) is 9.00. The normalized spacial score (nSPS) is 21.1. The van der Waals surface area contributed by atoms with Gasteiger partial charge in [0, 0.05) is 20.1 Å². The van der Waals surface area contributed by atoms with Crippen LogP contribution in [0.1, 0.15) is 36.1 Å². The average molecular weight is 480 g/mol. The highest BCUT2D eigenvalue weighted by Gasteiger charge is 2.43. The Bertz CT molecular complexity index is 1210. The highest BCUT2D eigenvalue weighted by atomic mass is 16.6. The van der Waals surface area contributed by atoms with Crippen molar-refractivity contribution in [2.45, 2.75) is 32.5 Å². The van der Waals surface area contributed by atoms with Gasteiger partial charge in [-0.1, -0.05) is 12.1 Å². The number of carbonyl (C=O) groups excluding carboxylic acids is 2. The van der Waals surface area contributed by atoms with Gasteiger partial charge in [-0.25, -0.2) is 9.78 Å². The number of hydrogen-bond donors (Lipinski definition) is 1. The van der Waals surface area contributed by atoms with Crippen molar-refractivity contribution in [2.24, 2.45) is 11.8 Å². The average Bonchev–Trinajstić information content (AvgIpc) is 3.57. The molecule has 2 heterocycles. The van der Waals surface area contributed by atoms with Gasteiger partial charge < -0.3 is 28.8 Å². The van der Waals surface area contributed by atoms with Gasteiger partial charge in [-0.3, -0.25) is 4.79 Å². The first-order chi connectivity index (χ1) is 17.0. The zero-order chi connectivity index (χ0) is 24.4. The molecule has 2 fully saturated rings. The summed E-state index contributed by atoms with van der Waals surface area (Å²) in [5.41, 5.74) is 0.154. The van der Waals surface area contributed by atoms with E-state index in [4.69, 9.17) is 18.6 Å². The molecule has 1 unspecified atom stereocenters. The Morgan fingerprint density at radius 1 is 1.09 bits per heavy atom. The lowest BCUT2D eigenvalue weighted by molar-refractivity contribution is 0.0908. The molecule has 2 amide bonds. The second kappa shape index (κ2) is 9.85. The van der Waals surface area contributed by atoms with Gasteiger partial charge >= 0.3 is 6.09 Å². The molecule has 184 valence electrons. The van der Waals surface area contributed by atoms with E-state index in [2.05, 4.69) is 28.5 Å². The van der Waals surface area contributed by atoms with Crippen LogP contribution in [0.5, 0.6) is 11.5 Å². The fourth-order valence-electron chi connectivity index (χ4n) is 5.04. The van der Waals surface area contributed by atoms with Gasteiger partial charge in [-0.2, -0.15) is 0 Å². The van der Waals surface area contributed by atoms with Crippen LogP contribution < -0.4 is 14.8 Å². The van der Waals surface area contributed by atoms with E-state index in [1.807, 2.05) is 25.1 Å². The van der Waals surface area contributed by atoms with Crippen molar-refractivity contribution in [2.75, 3.05) is 26.7 Å². The maximum Gasteiger partial charge on any atom is 0.410 e. The SMILES string of the molecule is CCOc1ccc2ccc(OC3C[C@@H]4CN(C(=O)OCc5nc(C(=O)NC)co5)C[C@@H]4C3)cc2c1. The number of aromatic nitrogens is 1. The summed E-state index contributed by atoms with van der Waals surface area (Å²) in [4.78, 5) is 29.8. The lowest BCUT2D eigenvalue weighted by Crippen LogP contribution is -2.31. The highest BCUT2D eigenvalue weighted by Crippen LogP contribution is 2.40. The maximum atomic E-state index is 12.5. The summed E-state index contributed by atoms with van der Waals surface area (Å²) in [5.74, 6) is 2.32. The van der Waals surface area contributed by atoms with Gasteiger partial charge in [-0.15, -0.1) is 0 Å². The lowest BCUT2D eigenvalue weighted by Gasteiger charge is -2.19. The Labute approximate surface area is 203 Å². The topological polar surface area (TPSA) is 103 Å². The molecule has 2 aromatic carbocycles. The van der Waals surface area contributed by atoms with Crippen LogP contribution in [-0.2, 0) is 11.3 Å². The summed E-state index contributed by atoms with van der Waals surface area (Å²) >= 11 is 0. The van der Waals surface area contributed by atoms with E-state index in [0.717, 1.165) is 35.1 Å². The molecule has 9 heteroatoms. The minimum Gasteiger partial charge on any atom is -0.494 e. The largest absolute Gasteiger partial charge is 0.494 e. The van der Waals surface area contributed by atoms with Crippen molar-refractivity contribution >= 4 is 22.8 Å². The van der Waals surface area contributed by atoms with Crippen LogP contribution in [-0.4, -0.2) is 54.7 Å². The Hall–Kier alpha value is -3.75. The summed E-state index contributed by atoms with van der Waals surface area (Å²) in [5, 5.41) is 4.71. The number of nitrogens with one attached hydrogen (secondary N) is 1. The van der Waals surface area contributed by atoms with Crippen LogP contribution in [0.2, 0.25) is 0 Å². The number of hydrogen-bond acceptors (Lipinski definition) is 7. The van der Waals surface area contributed by atoms with E-state index in [9.17, 15) is 9.59 Å². The first-order valence-corrected chi connectivity index (χ1v) is 11.9. The Morgan fingerprint density at radius 3 is 2.51 bits per heavy atom. The van der Waals surface area contributed by atoms with E-state index < -0.39 is 6.09 Å². The number of benzene rings is 2. The van der Waals surface area contributed by atoms with Crippen LogP contribution in [0.4, 0.5) is 4.79 Å². The van der Waals surface area contributed by atoms with Crippen LogP contribution in [0, 0.1) is 11.8 Å². The number of fused-ring (bicyclic) bond motifs is 2. The highest BCUT2D eigenvalue weighted by molar-refractivity contribution is 5.91. The van der Waals surface area contributed by atoms with Crippen molar-refractivity contribution in [3.63, 3.8) is 0 Å². The third-order valence-corrected chi connectivity index (χ3v) is 6.69. The van der Waals surface area contributed by atoms with Gasteiger partial charge in [0.25, 0.3) is 5.91 Å². The predicted molar refractivity (Wildman–Crippen MR) is 127 cm³/mol. The van der Waals surface area contributed by atoms with Crippen LogP contribution in [0.15, 0.2) is 47.1 Å². The molecule has 3 aromatic rings. The molecule has 5 rings (SSSR count). The second-order valence-electron chi connectivity index (χ2n) is 9.00. The molecular formula is C26H29N3O6. The Balaban J connectivity index is 1.12. The fourth-order valence-corrected chi connectivity index (χ4v) is 5.04. The molecule has 1 aromatic heterocycles. The maximum absolute atomic E-state index is 12.5. The third kappa shape index (κ3) is 5.03. The number of nitrogens with zero attached hydrogens (tertiary/aromatic N) is 2. The number of carbonyl (C=O) groups is 2. The molecular weight excluding hydrogens is 450 g/mol. The Morgan fingerprint density at radius 2 is 1.80 bits per heavy atom. The number of likely N-dealkylation sites (tertiary alicyclic amines) is 1. The molecule has 1 saturated heterocycles. The molecule has 35 heavy (non-hydrogen) atoms.